The Hall–Kier alpha value is -2.63. The number of rotatable bonds is 6. The molecule has 6 nitrogen and oxygen atoms in total. The van der Waals surface area contributed by atoms with Crippen molar-refractivity contribution in [3.63, 3.8) is 0 Å². The van der Waals surface area contributed by atoms with Gasteiger partial charge in [0.15, 0.2) is 0 Å². The highest BCUT2D eigenvalue weighted by Crippen LogP contribution is 2.20. The van der Waals surface area contributed by atoms with E-state index in [1.54, 1.807) is 13.3 Å². The van der Waals surface area contributed by atoms with Crippen LogP contribution in [-0.2, 0) is 6.54 Å². The number of amides is 1. The van der Waals surface area contributed by atoms with Crippen LogP contribution in [0.2, 0.25) is 0 Å². The Labute approximate surface area is 154 Å². The number of hydrogen-bond acceptors (Lipinski definition) is 5. The lowest BCUT2D eigenvalue weighted by molar-refractivity contribution is 0.0945. The summed E-state index contributed by atoms with van der Waals surface area (Å²) in [6.07, 6.45) is 10.7. The van der Waals surface area contributed by atoms with Gasteiger partial charge in [-0.05, 0) is 18.9 Å². The van der Waals surface area contributed by atoms with Crippen molar-refractivity contribution in [3.05, 3.63) is 47.9 Å². The van der Waals surface area contributed by atoms with Crippen molar-refractivity contribution in [2.45, 2.75) is 51.1 Å². The number of nitrogens with zero attached hydrogens (tertiary/aromatic N) is 2. The molecule has 0 aliphatic heterocycles. The second kappa shape index (κ2) is 9.17. The second-order valence-electron chi connectivity index (χ2n) is 6.61. The number of para-hydroxylation sites is 1. The van der Waals surface area contributed by atoms with Gasteiger partial charge in [-0.15, -0.1) is 0 Å². The molecule has 0 atom stereocenters. The number of anilines is 1. The van der Waals surface area contributed by atoms with E-state index in [9.17, 15) is 4.79 Å². The maximum absolute atomic E-state index is 12.3. The van der Waals surface area contributed by atoms with E-state index in [4.69, 9.17) is 4.74 Å². The molecule has 0 unspecified atom stereocenters. The average Bonchev–Trinajstić information content (AvgIpc) is 2.95. The standard InChI is InChI=1S/C20H26N4O2/c1-26-18-11-7-6-8-15(18)12-23-20(25)17-13-22-19(14-21-17)24-16-9-4-2-3-5-10-16/h6-8,11,13-14,16H,2-5,9-10,12H2,1H3,(H,22,24)(H,23,25). The van der Waals surface area contributed by atoms with Crippen LogP contribution in [0.4, 0.5) is 5.82 Å². The number of aromatic nitrogens is 2. The Morgan fingerprint density at radius 1 is 1.12 bits per heavy atom. The van der Waals surface area contributed by atoms with Gasteiger partial charge in [0.05, 0.1) is 19.5 Å². The summed E-state index contributed by atoms with van der Waals surface area (Å²) in [5.74, 6) is 1.24. The molecular weight excluding hydrogens is 328 g/mol. The van der Waals surface area contributed by atoms with Crippen molar-refractivity contribution >= 4 is 11.7 Å². The minimum absolute atomic E-state index is 0.246. The van der Waals surface area contributed by atoms with E-state index in [1.165, 1.54) is 44.7 Å². The molecule has 2 N–H and O–H groups in total. The van der Waals surface area contributed by atoms with E-state index < -0.39 is 0 Å². The summed E-state index contributed by atoms with van der Waals surface area (Å²) in [5.41, 5.74) is 1.23. The lowest BCUT2D eigenvalue weighted by atomic mass is 10.1. The minimum Gasteiger partial charge on any atom is -0.496 e. The molecule has 1 aliphatic rings. The van der Waals surface area contributed by atoms with Gasteiger partial charge < -0.3 is 15.4 Å². The van der Waals surface area contributed by atoms with E-state index >= 15 is 0 Å². The van der Waals surface area contributed by atoms with Gasteiger partial charge in [0.1, 0.15) is 17.3 Å². The smallest absolute Gasteiger partial charge is 0.271 e. The molecule has 1 fully saturated rings. The van der Waals surface area contributed by atoms with Crippen LogP contribution in [0, 0.1) is 0 Å². The van der Waals surface area contributed by atoms with E-state index in [0.29, 0.717) is 18.3 Å². The SMILES string of the molecule is COc1ccccc1CNC(=O)c1cnc(NC2CCCCCC2)cn1. The van der Waals surface area contributed by atoms with Crippen molar-refractivity contribution in [2.24, 2.45) is 0 Å². The molecule has 1 saturated carbocycles. The van der Waals surface area contributed by atoms with Crippen molar-refractivity contribution in [1.29, 1.82) is 0 Å². The molecule has 0 bridgehead atoms. The molecule has 1 heterocycles. The first-order valence-corrected chi connectivity index (χ1v) is 9.25. The van der Waals surface area contributed by atoms with Crippen LogP contribution in [0.1, 0.15) is 54.6 Å². The van der Waals surface area contributed by atoms with E-state index in [-0.39, 0.29) is 5.91 Å². The Morgan fingerprint density at radius 3 is 2.58 bits per heavy atom. The lowest BCUT2D eigenvalue weighted by Crippen LogP contribution is -2.25. The van der Waals surface area contributed by atoms with Crippen LogP contribution >= 0.6 is 0 Å². The minimum atomic E-state index is -0.246. The second-order valence-corrected chi connectivity index (χ2v) is 6.61. The summed E-state index contributed by atoms with van der Waals surface area (Å²) in [6, 6.07) is 8.06. The van der Waals surface area contributed by atoms with Gasteiger partial charge in [-0.25, -0.2) is 9.97 Å². The van der Waals surface area contributed by atoms with Gasteiger partial charge in [-0.2, -0.15) is 0 Å². The molecule has 26 heavy (non-hydrogen) atoms. The first-order valence-electron chi connectivity index (χ1n) is 9.25. The molecular formula is C20H26N4O2. The summed E-state index contributed by atoms with van der Waals surface area (Å²) in [6.45, 7) is 0.382. The van der Waals surface area contributed by atoms with Gasteiger partial charge in [0.25, 0.3) is 5.91 Å². The highest BCUT2D eigenvalue weighted by molar-refractivity contribution is 5.92. The lowest BCUT2D eigenvalue weighted by Gasteiger charge is -2.16. The topological polar surface area (TPSA) is 76.1 Å². The summed E-state index contributed by atoms with van der Waals surface area (Å²) < 4.78 is 5.29. The summed E-state index contributed by atoms with van der Waals surface area (Å²) >= 11 is 0. The van der Waals surface area contributed by atoms with Gasteiger partial charge in [0.2, 0.25) is 0 Å². The number of carbonyl (C=O) groups excluding carboxylic acids is 1. The van der Waals surface area contributed by atoms with E-state index in [0.717, 1.165) is 17.1 Å². The third kappa shape index (κ3) is 4.94. The van der Waals surface area contributed by atoms with Crippen LogP contribution in [0.25, 0.3) is 0 Å². The molecule has 1 aliphatic carbocycles. The molecule has 1 aromatic carbocycles. The monoisotopic (exact) mass is 354 g/mol. The summed E-state index contributed by atoms with van der Waals surface area (Å²) in [5, 5.41) is 6.30. The quantitative estimate of drug-likeness (QED) is 0.776. The Bertz CT molecular complexity index is 710. The third-order valence-electron chi connectivity index (χ3n) is 4.72. The normalized spacial score (nSPS) is 15.1. The van der Waals surface area contributed by atoms with Crippen LogP contribution in [0.3, 0.4) is 0 Å². The molecule has 3 rings (SSSR count). The number of ether oxygens (including phenoxy) is 1. The first-order chi connectivity index (χ1) is 12.8. The summed E-state index contributed by atoms with van der Waals surface area (Å²) in [7, 11) is 1.62. The predicted octanol–water partition coefficient (Wildman–Crippen LogP) is 3.55. The van der Waals surface area contributed by atoms with Gasteiger partial charge in [-0.3, -0.25) is 4.79 Å². The van der Waals surface area contributed by atoms with Crippen LogP contribution in [-0.4, -0.2) is 29.0 Å². The molecule has 0 spiro atoms. The van der Waals surface area contributed by atoms with Gasteiger partial charge >= 0.3 is 0 Å². The fourth-order valence-electron chi connectivity index (χ4n) is 3.27. The molecule has 1 aromatic heterocycles. The number of methoxy groups -OCH3 is 1. The van der Waals surface area contributed by atoms with Crippen LogP contribution in [0.5, 0.6) is 5.75 Å². The largest absolute Gasteiger partial charge is 0.496 e. The molecule has 0 radical (unpaired) electrons. The fraction of sp³-hybridized carbons (Fsp3) is 0.450. The Morgan fingerprint density at radius 2 is 1.88 bits per heavy atom. The maximum atomic E-state index is 12.3. The number of carbonyl (C=O) groups is 1. The Kier molecular flexibility index (Phi) is 6.41. The average molecular weight is 354 g/mol. The zero-order valence-corrected chi connectivity index (χ0v) is 15.2. The van der Waals surface area contributed by atoms with Gasteiger partial charge in [-0.1, -0.05) is 43.9 Å². The number of benzene rings is 1. The maximum Gasteiger partial charge on any atom is 0.271 e. The Balaban J connectivity index is 1.54. The molecule has 2 aromatic rings. The molecule has 0 saturated heterocycles. The molecule has 138 valence electrons. The summed E-state index contributed by atoms with van der Waals surface area (Å²) in [4.78, 5) is 20.9. The highest BCUT2D eigenvalue weighted by Gasteiger charge is 2.14. The van der Waals surface area contributed by atoms with E-state index in [1.807, 2.05) is 24.3 Å². The first kappa shape index (κ1) is 18.2. The number of nitrogens with one attached hydrogen (secondary N) is 2. The van der Waals surface area contributed by atoms with Gasteiger partial charge in [0, 0.05) is 18.2 Å². The van der Waals surface area contributed by atoms with Crippen LogP contribution in [0.15, 0.2) is 36.7 Å². The highest BCUT2D eigenvalue weighted by atomic mass is 16.5. The fourth-order valence-corrected chi connectivity index (χ4v) is 3.27. The van der Waals surface area contributed by atoms with Crippen molar-refractivity contribution in [1.82, 2.24) is 15.3 Å². The third-order valence-corrected chi connectivity index (χ3v) is 4.72. The van der Waals surface area contributed by atoms with Crippen molar-refractivity contribution < 1.29 is 9.53 Å². The predicted molar refractivity (Wildman–Crippen MR) is 101 cm³/mol. The number of hydrogen-bond donors (Lipinski definition) is 2. The zero-order valence-electron chi connectivity index (χ0n) is 15.2. The van der Waals surface area contributed by atoms with Crippen LogP contribution < -0.4 is 15.4 Å². The van der Waals surface area contributed by atoms with E-state index in [2.05, 4.69) is 20.6 Å². The van der Waals surface area contributed by atoms with Crippen molar-refractivity contribution in [2.75, 3.05) is 12.4 Å². The molecule has 1 amide bonds. The zero-order chi connectivity index (χ0) is 18.2. The molecule has 6 heteroatoms. The van der Waals surface area contributed by atoms with Crippen molar-refractivity contribution in [3.8, 4) is 5.75 Å².